The van der Waals surface area contributed by atoms with E-state index in [9.17, 15) is 14.4 Å². The van der Waals surface area contributed by atoms with E-state index in [1.165, 1.54) is 6.92 Å². The van der Waals surface area contributed by atoms with Crippen molar-refractivity contribution < 1.29 is 28.6 Å². The molecule has 0 aromatic rings. The number of carbonyl (C=O) groups is 3. The first-order valence-corrected chi connectivity index (χ1v) is 9.16. The smallest absolute Gasteiger partial charge is 0.236 e. The minimum absolute atomic E-state index is 0.0196. The van der Waals surface area contributed by atoms with Gasteiger partial charge in [-0.25, -0.2) is 0 Å². The number of rotatable bonds is 18. The van der Waals surface area contributed by atoms with Crippen molar-refractivity contribution in [2.45, 2.75) is 25.8 Å². The van der Waals surface area contributed by atoms with Crippen molar-refractivity contribution in [2.75, 3.05) is 52.7 Å². The van der Waals surface area contributed by atoms with Gasteiger partial charge in [-0.15, -0.1) is 0 Å². The van der Waals surface area contributed by atoms with Gasteiger partial charge in [0.25, 0.3) is 0 Å². The van der Waals surface area contributed by atoms with Crippen LogP contribution in [0.25, 0.3) is 0 Å². The molecule has 162 valence electrons. The molecule has 0 rings (SSSR count). The maximum absolute atomic E-state index is 11.8. The topological polar surface area (TPSA) is 181 Å². The summed E-state index contributed by atoms with van der Waals surface area (Å²) in [6.07, 6.45) is 1.68. The molecule has 11 nitrogen and oxygen atoms in total. The molecule has 0 saturated carbocycles. The summed E-state index contributed by atoms with van der Waals surface area (Å²) >= 11 is 0. The minimum atomic E-state index is -0.718. The van der Waals surface area contributed by atoms with Gasteiger partial charge in [0.1, 0.15) is 12.1 Å². The van der Waals surface area contributed by atoms with Crippen LogP contribution in [0, 0.1) is 5.92 Å². The monoisotopic (exact) mass is 403 g/mol. The highest BCUT2D eigenvalue weighted by atomic mass is 16.5. The lowest BCUT2D eigenvalue weighted by Gasteiger charge is -2.12. The third kappa shape index (κ3) is 15.0. The fourth-order valence-electron chi connectivity index (χ4n) is 1.93. The Balaban J connectivity index is 3.47. The summed E-state index contributed by atoms with van der Waals surface area (Å²) in [5.41, 5.74) is 16.2. The van der Waals surface area contributed by atoms with E-state index in [0.29, 0.717) is 58.6 Å². The van der Waals surface area contributed by atoms with E-state index in [0.717, 1.165) is 0 Å². The van der Waals surface area contributed by atoms with Crippen LogP contribution in [0.2, 0.25) is 0 Å². The van der Waals surface area contributed by atoms with Crippen LogP contribution in [0.5, 0.6) is 0 Å². The maximum atomic E-state index is 11.8. The number of amides is 1. The fourth-order valence-corrected chi connectivity index (χ4v) is 1.93. The zero-order valence-electron chi connectivity index (χ0n) is 16.4. The highest BCUT2D eigenvalue weighted by Crippen LogP contribution is 1.96. The number of ether oxygens (including phenoxy) is 3. The molecular formula is C17H33N5O6. The third-order valence-electron chi connectivity index (χ3n) is 3.58. The number of nitrogens with one attached hydrogen (secondary N) is 1. The van der Waals surface area contributed by atoms with Crippen molar-refractivity contribution in [3.63, 3.8) is 0 Å². The molecule has 0 fully saturated rings. The Hall–Kier alpha value is -2.08. The van der Waals surface area contributed by atoms with Crippen LogP contribution in [0.15, 0.2) is 4.99 Å². The van der Waals surface area contributed by atoms with Crippen LogP contribution in [0.4, 0.5) is 0 Å². The van der Waals surface area contributed by atoms with Crippen LogP contribution >= 0.6 is 0 Å². The van der Waals surface area contributed by atoms with Gasteiger partial charge in [0.2, 0.25) is 5.91 Å². The van der Waals surface area contributed by atoms with E-state index >= 15 is 0 Å². The summed E-state index contributed by atoms with van der Waals surface area (Å²) in [7, 11) is 0. The van der Waals surface area contributed by atoms with E-state index < -0.39 is 12.0 Å². The first kappa shape index (κ1) is 25.9. The number of hydrogen-bond donors (Lipinski definition) is 4. The van der Waals surface area contributed by atoms with Crippen LogP contribution in [-0.2, 0) is 28.6 Å². The summed E-state index contributed by atoms with van der Waals surface area (Å²) in [6, 6.07) is -0.612. The van der Waals surface area contributed by atoms with Crippen molar-refractivity contribution in [1.82, 2.24) is 5.32 Å². The number of guanidine groups is 1. The van der Waals surface area contributed by atoms with Gasteiger partial charge >= 0.3 is 0 Å². The molecule has 0 aliphatic carbocycles. The third-order valence-corrected chi connectivity index (χ3v) is 3.58. The van der Waals surface area contributed by atoms with Gasteiger partial charge in [-0.05, 0) is 19.8 Å². The number of Topliss-reactive ketones (excluding diaryl/α,β-unsaturated/α-hetero) is 1. The van der Waals surface area contributed by atoms with Gasteiger partial charge < -0.3 is 41.5 Å². The largest absolute Gasteiger partial charge is 0.378 e. The molecule has 1 amide bonds. The second kappa shape index (κ2) is 17.0. The second-order valence-corrected chi connectivity index (χ2v) is 6.00. The lowest BCUT2D eigenvalue weighted by atomic mass is 10.1. The fraction of sp³-hybridized carbons (Fsp3) is 0.765. The number of ketones is 1. The van der Waals surface area contributed by atoms with E-state index in [-0.39, 0.29) is 30.9 Å². The van der Waals surface area contributed by atoms with Gasteiger partial charge in [-0.3, -0.25) is 14.6 Å². The number of aldehydes is 1. The molecule has 7 N–H and O–H groups in total. The van der Waals surface area contributed by atoms with Crippen molar-refractivity contribution in [3.8, 4) is 0 Å². The molecule has 0 heterocycles. The molecule has 2 atom stereocenters. The lowest BCUT2D eigenvalue weighted by Crippen LogP contribution is -2.42. The molecule has 1 unspecified atom stereocenters. The van der Waals surface area contributed by atoms with Crippen LogP contribution in [0.3, 0.4) is 0 Å². The van der Waals surface area contributed by atoms with Crippen LogP contribution in [0.1, 0.15) is 19.8 Å². The number of hydrogen-bond acceptors (Lipinski definition) is 8. The van der Waals surface area contributed by atoms with E-state index in [4.69, 9.17) is 31.4 Å². The molecule has 0 aromatic heterocycles. The average Bonchev–Trinajstić information content (AvgIpc) is 2.65. The minimum Gasteiger partial charge on any atom is -0.378 e. The van der Waals surface area contributed by atoms with Gasteiger partial charge in [-0.1, -0.05) is 0 Å². The Morgan fingerprint density at radius 1 is 1.07 bits per heavy atom. The Morgan fingerprint density at radius 2 is 1.68 bits per heavy atom. The van der Waals surface area contributed by atoms with Crippen molar-refractivity contribution >= 4 is 23.9 Å². The Labute approximate surface area is 165 Å². The predicted octanol–water partition coefficient (Wildman–Crippen LogP) is -2.06. The standard InChI is InChI=1S/C17H33N5O6/c1-13(24)14(11-23)12-28-10-9-27-8-7-26-6-5-21-16(25)15(18)3-2-4-22-17(19)20/h11,14-15H,2-10,12,18H2,1H3,(H,21,25)(H4,19,20,22)/t14?,15-/m0/s1. The van der Waals surface area contributed by atoms with E-state index in [2.05, 4.69) is 10.3 Å². The second-order valence-electron chi connectivity index (χ2n) is 6.00. The number of nitrogens with zero attached hydrogens (tertiary/aromatic N) is 1. The summed E-state index contributed by atoms with van der Waals surface area (Å²) in [6.45, 7) is 3.89. The average molecular weight is 403 g/mol. The number of nitrogens with two attached hydrogens (primary N) is 3. The molecular weight excluding hydrogens is 370 g/mol. The van der Waals surface area contributed by atoms with Crippen molar-refractivity contribution in [1.29, 1.82) is 0 Å². The lowest BCUT2D eigenvalue weighted by molar-refractivity contribution is -0.128. The van der Waals surface area contributed by atoms with E-state index in [1.54, 1.807) is 0 Å². The highest BCUT2D eigenvalue weighted by molar-refractivity contribution is 5.91. The van der Waals surface area contributed by atoms with Crippen LogP contribution in [-0.4, -0.2) is 82.7 Å². The first-order chi connectivity index (χ1) is 13.4. The Morgan fingerprint density at radius 3 is 2.25 bits per heavy atom. The van der Waals surface area contributed by atoms with E-state index in [1.807, 2.05) is 0 Å². The van der Waals surface area contributed by atoms with Crippen LogP contribution < -0.4 is 22.5 Å². The summed E-state index contributed by atoms with van der Waals surface area (Å²) in [4.78, 5) is 37.2. The zero-order valence-corrected chi connectivity index (χ0v) is 16.4. The molecule has 0 saturated heterocycles. The molecule has 28 heavy (non-hydrogen) atoms. The molecule has 0 aliphatic rings. The van der Waals surface area contributed by atoms with Gasteiger partial charge in [0.15, 0.2) is 5.96 Å². The summed E-state index contributed by atoms with van der Waals surface area (Å²) in [5, 5.41) is 2.69. The first-order valence-electron chi connectivity index (χ1n) is 9.16. The highest BCUT2D eigenvalue weighted by Gasteiger charge is 2.13. The van der Waals surface area contributed by atoms with Gasteiger partial charge in [-0.2, -0.15) is 0 Å². The van der Waals surface area contributed by atoms with Gasteiger partial charge in [0, 0.05) is 13.1 Å². The Kier molecular flexibility index (Phi) is 15.8. The summed E-state index contributed by atoms with van der Waals surface area (Å²) < 4.78 is 15.8. The molecule has 0 radical (unpaired) electrons. The quantitative estimate of drug-likeness (QED) is 0.0657. The molecule has 0 bridgehead atoms. The number of aliphatic imine (C=N–C) groups is 1. The summed E-state index contributed by atoms with van der Waals surface area (Å²) in [5.74, 6) is -1.17. The van der Waals surface area contributed by atoms with Crippen molar-refractivity contribution in [3.05, 3.63) is 0 Å². The normalized spacial score (nSPS) is 12.8. The molecule has 0 aliphatic heterocycles. The molecule has 0 spiro atoms. The maximum Gasteiger partial charge on any atom is 0.236 e. The Bertz CT molecular complexity index is 485. The van der Waals surface area contributed by atoms with Crippen molar-refractivity contribution in [2.24, 2.45) is 28.1 Å². The van der Waals surface area contributed by atoms with Gasteiger partial charge in [0.05, 0.1) is 51.6 Å². The molecule has 0 aromatic carbocycles. The molecule has 11 heteroatoms. The SMILES string of the molecule is CC(=O)C(C=O)COCCOCCOCCNC(=O)[C@@H](N)CCCN=C(N)N. The zero-order chi connectivity index (χ0) is 21.2. The number of carbonyl (C=O) groups excluding carboxylic acids is 3. The predicted molar refractivity (Wildman–Crippen MR) is 104 cm³/mol.